The van der Waals surface area contributed by atoms with Gasteiger partial charge >= 0.3 is 0 Å². The Balaban J connectivity index is 2.16. The lowest BCUT2D eigenvalue weighted by Crippen LogP contribution is -2.28. The molecule has 1 unspecified atom stereocenters. The predicted octanol–water partition coefficient (Wildman–Crippen LogP) is 2.46. The van der Waals surface area contributed by atoms with Gasteiger partial charge in [-0.05, 0) is 12.1 Å². The molecule has 8 heteroatoms. The van der Waals surface area contributed by atoms with Crippen molar-refractivity contribution >= 4 is 38.6 Å². The lowest BCUT2D eigenvalue weighted by molar-refractivity contribution is 0.575. The van der Waals surface area contributed by atoms with Crippen molar-refractivity contribution in [1.29, 1.82) is 0 Å². The summed E-state index contributed by atoms with van der Waals surface area (Å²) in [6.45, 7) is 2.14. The predicted molar refractivity (Wildman–Crippen MR) is 81.6 cm³/mol. The van der Waals surface area contributed by atoms with Gasteiger partial charge in [0.25, 0.3) is 0 Å². The minimum absolute atomic E-state index is 0.0199. The quantitative estimate of drug-likeness (QED) is 0.824. The highest BCUT2D eigenvalue weighted by Gasteiger charge is 2.22. The largest absolute Gasteiger partial charge is 0.398 e. The number of nitrogen functional groups attached to an aromatic ring is 1. The van der Waals surface area contributed by atoms with E-state index in [1.807, 2.05) is 12.3 Å². The Morgan fingerprint density at radius 3 is 2.85 bits per heavy atom. The fraction of sp³-hybridized carbons (Fsp3) is 0.250. The molecule has 1 aromatic heterocycles. The van der Waals surface area contributed by atoms with Crippen LogP contribution in [0, 0.1) is 0 Å². The van der Waals surface area contributed by atoms with Gasteiger partial charge in [0.05, 0.1) is 15.7 Å². The molecule has 1 atom stereocenters. The Bertz CT molecular complexity index is 666. The molecule has 5 nitrogen and oxygen atoms in total. The lowest BCUT2D eigenvalue weighted by atomic mass is 10.2. The van der Waals surface area contributed by atoms with Gasteiger partial charge in [0, 0.05) is 24.0 Å². The Kier molecular flexibility index (Phi) is 4.64. The van der Waals surface area contributed by atoms with Crippen molar-refractivity contribution in [3.63, 3.8) is 0 Å². The van der Waals surface area contributed by atoms with Gasteiger partial charge in [-0.3, -0.25) is 0 Å². The van der Waals surface area contributed by atoms with Gasteiger partial charge in [-0.2, -0.15) is 0 Å². The van der Waals surface area contributed by atoms with E-state index in [2.05, 4.69) is 9.71 Å². The number of benzene rings is 1. The second-order valence-corrected chi connectivity index (χ2v) is 7.32. The number of sulfonamides is 1. The summed E-state index contributed by atoms with van der Waals surface area (Å²) in [6, 6.07) is 4.61. The first-order chi connectivity index (χ1) is 9.42. The standard InChI is InChI=1S/C12H14ClN3O2S2/c1-8(12-15-5-6-19-12)7-16-20(17,18)11-9(13)3-2-4-10(11)14/h2-6,8,16H,7,14H2,1H3. The topological polar surface area (TPSA) is 85.1 Å². The maximum Gasteiger partial charge on any atom is 0.244 e. The molecular formula is C12H14ClN3O2S2. The maximum absolute atomic E-state index is 12.3. The normalized spacial score (nSPS) is 13.3. The third-order valence-electron chi connectivity index (χ3n) is 2.72. The van der Waals surface area contributed by atoms with Crippen LogP contribution in [0.2, 0.25) is 5.02 Å². The monoisotopic (exact) mass is 331 g/mol. The molecule has 20 heavy (non-hydrogen) atoms. The number of aromatic nitrogens is 1. The number of thiazole rings is 1. The molecule has 3 N–H and O–H groups in total. The molecule has 0 saturated heterocycles. The molecule has 2 rings (SSSR count). The highest BCUT2D eigenvalue weighted by molar-refractivity contribution is 7.89. The molecule has 1 heterocycles. The van der Waals surface area contributed by atoms with Gasteiger partial charge in [-0.15, -0.1) is 11.3 Å². The number of rotatable bonds is 5. The maximum atomic E-state index is 12.3. The molecule has 108 valence electrons. The molecule has 0 radical (unpaired) electrons. The number of anilines is 1. The Labute approximate surface area is 126 Å². The summed E-state index contributed by atoms with van der Waals surface area (Å²) in [5.41, 5.74) is 5.83. The van der Waals surface area contributed by atoms with E-state index in [4.69, 9.17) is 17.3 Å². The second kappa shape index (κ2) is 6.09. The van der Waals surface area contributed by atoms with Crippen LogP contribution in [-0.2, 0) is 10.0 Å². The number of halogens is 1. The van der Waals surface area contributed by atoms with Gasteiger partial charge in [0.1, 0.15) is 4.90 Å². The summed E-state index contributed by atoms with van der Waals surface area (Å²) in [6.07, 6.45) is 1.69. The van der Waals surface area contributed by atoms with Crippen molar-refractivity contribution in [3.8, 4) is 0 Å². The summed E-state index contributed by atoms with van der Waals surface area (Å²) in [7, 11) is -3.74. The van der Waals surface area contributed by atoms with E-state index in [9.17, 15) is 8.42 Å². The van der Waals surface area contributed by atoms with Crippen LogP contribution in [0.4, 0.5) is 5.69 Å². The van der Waals surface area contributed by atoms with E-state index >= 15 is 0 Å². The van der Waals surface area contributed by atoms with Crippen molar-refractivity contribution in [2.24, 2.45) is 0 Å². The second-order valence-electron chi connectivity index (χ2n) is 4.28. The fourth-order valence-electron chi connectivity index (χ4n) is 1.68. The summed E-state index contributed by atoms with van der Waals surface area (Å²) in [5.74, 6) is -0.0199. The molecule has 0 spiro atoms. The highest BCUT2D eigenvalue weighted by atomic mass is 35.5. The van der Waals surface area contributed by atoms with Crippen LogP contribution in [-0.4, -0.2) is 19.9 Å². The number of hydrogen-bond donors (Lipinski definition) is 2. The third kappa shape index (κ3) is 3.29. The minimum Gasteiger partial charge on any atom is -0.398 e. The van der Waals surface area contributed by atoms with Crippen molar-refractivity contribution in [3.05, 3.63) is 39.8 Å². The van der Waals surface area contributed by atoms with E-state index in [-0.39, 0.29) is 28.1 Å². The number of nitrogens with one attached hydrogen (secondary N) is 1. The zero-order valence-corrected chi connectivity index (χ0v) is 13.1. The van der Waals surface area contributed by atoms with Crippen molar-refractivity contribution in [1.82, 2.24) is 9.71 Å². The Morgan fingerprint density at radius 1 is 1.50 bits per heavy atom. The molecule has 0 amide bonds. The van der Waals surface area contributed by atoms with Crippen molar-refractivity contribution < 1.29 is 8.42 Å². The molecule has 0 aliphatic rings. The van der Waals surface area contributed by atoms with Crippen LogP contribution in [0.25, 0.3) is 0 Å². The summed E-state index contributed by atoms with van der Waals surface area (Å²) in [5, 5.41) is 2.84. The average Bonchev–Trinajstić information content (AvgIpc) is 2.89. The van der Waals surface area contributed by atoms with Gasteiger partial charge in [0.15, 0.2) is 0 Å². The molecule has 1 aromatic carbocycles. The molecule has 2 aromatic rings. The Morgan fingerprint density at radius 2 is 2.25 bits per heavy atom. The molecule has 0 saturated carbocycles. The molecule has 0 aliphatic heterocycles. The summed E-state index contributed by atoms with van der Waals surface area (Å²) < 4.78 is 27.0. The van der Waals surface area contributed by atoms with Gasteiger partial charge in [-0.1, -0.05) is 24.6 Å². The molecular weight excluding hydrogens is 318 g/mol. The van der Waals surface area contributed by atoms with Crippen LogP contribution in [0.3, 0.4) is 0 Å². The molecule has 0 bridgehead atoms. The van der Waals surface area contributed by atoms with E-state index in [0.29, 0.717) is 0 Å². The first-order valence-electron chi connectivity index (χ1n) is 5.85. The van der Waals surface area contributed by atoms with Crippen LogP contribution in [0.5, 0.6) is 0 Å². The number of hydrogen-bond acceptors (Lipinski definition) is 5. The minimum atomic E-state index is -3.74. The number of nitrogens with zero attached hydrogens (tertiary/aromatic N) is 1. The van der Waals surface area contributed by atoms with Crippen LogP contribution < -0.4 is 10.5 Å². The molecule has 0 aliphatic carbocycles. The third-order valence-corrected chi connectivity index (χ3v) is 5.69. The van der Waals surface area contributed by atoms with Gasteiger partial charge in [0.2, 0.25) is 10.0 Å². The SMILES string of the molecule is CC(CNS(=O)(=O)c1c(N)cccc1Cl)c1nccs1. The average molecular weight is 332 g/mol. The molecule has 0 fully saturated rings. The van der Waals surface area contributed by atoms with Gasteiger partial charge in [-0.25, -0.2) is 18.1 Å². The van der Waals surface area contributed by atoms with Gasteiger partial charge < -0.3 is 5.73 Å². The number of nitrogens with two attached hydrogens (primary N) is 1. The van der Waals surface area contributed by atoms with Crippen LogP contribution in [0.15, 0.2) is 34.7 Å². The lowest BCUT2D eigenvalue weighted by Gasteiger charge is -2.13. The smallest absolute Gasteiger partial charge is 0.244 e. The van der Waals surface area contributed by atoms with E-state index in [0.717, 1.165) is 5.01 Å². The van der Waals surface area contributed by atoms with E-state index in [1.165, 1.54) is 23.5 Å². The van der Waals surface area contributed by atoms with Crippen LogP contribution >= 0.6 is 22.9 Å². The first-order valence-corrected chi connectivity index (χ1v) is 8.59. The van der Waals surface area contributed by atoms with E-state index in [1.54, 1.807) is 12.3 Å². The van der Waals surface area contributed by atoms with E-state index < -0.39 is 10.0 Å². The summed E-state index contributed by atoms with van der Waals surface area (Å²) >= 11 is 7.41. The first kappa shape index (κ1) is 15.2. The summed E-state index contributed by atoms with van der Waals surface area (Å²) in [4.78, 5) is 4.08. The fourth-order valence-corrected chi connectivity index (χ4v) is 4.18. The zero-order chi connectivity index (χ0) is 14.8. The van der Waals surface area contributed by atoms with Crippen molar-refractivity contribution in [2.75, 3.05) is 12.3 Å². The van der Waals surface area contributed by atoms with Crippen LogP contribution in [0.1, 0.15) is 17.8 Å². The highest BCUT2D eigenvalue weighted by Crippen LogP contribution is 2.27. The Hall–Kier alpha value is -1.15. The van der Waals surface area contributed by atoms with Crippen molar-refractivity contribution in [2.45, 2.75) is 17.7 Å². The zero-order valence-electron chi connectivity index (χ0n) is 10.7.